The first-order chi connectivity index (χ1) is 8.29. The average molecular weight is 232 g/mol. The number of H-pyrrole nitrogens is 1. The topological polar surface area (TPSA) is 79.9 Å². The molecule has 1 amide bonds. The number of rotatable bonds is 4. The lowest BCUT2D eigenvalue weighted by Gasteiger charge is -2.04. The van der Waals surface area contributed by atoms with Crippen LogP contribution >= 0.6 is 0 Å². The van der Waals surface area contributed by atoms with Gasteiger partial charge in [0.25, 0.3) is 5.91 Å². The smallest absolute Gasteiger partial charge is 0.253 e. The Kier molecular flexibility index (Phi) is 3.34. The van der Waals surface area contributed by atoms with E-state index in [1.807, 2.05) is 0 Å². The van der Waals surface area contributed by atoms with Crippen LogP contribution in [0.15, 0.2) is 30.9 Å². The minimum atomic E-state index is -0.185. The minimum Gasteiger partial charge on any atom is -0.481 e. The monoisotopic (exact) mass is 232 g/mol. The molecule has 17 heavy (non-hydrogen) atoms. The van der Waals surface area contributed by atoms with E-state index < -0.39 is 0 Å². The van der Waals surface area contributed by atoms with Crippen LogP contribution in [-0.2, 0) is 6.54 Å². The highest BCUT2D eigenvalue weighted by molar-refractivity contribution is 5.93. The van der Waals surface area contributed by atoms with Crippen molar-refractivity contribution in [3.05, 3.63) is 42.1 Å². The number of amides is 1. The summed E-state index contributed by atoms with van der Waals surface area (Å²) in [5.74, 6) is 0.296. The third-order valence-electron chi connectivity index (χ3n) is 2.20. The van der Waals surface area contributed by atoms with E-state index >= 15 is 0 Å². The van der Waals surface area contributed by atoms with Crippen molar-refractivity contribution in [1.82, 2.24) is 20.3 Å². The Bertz CT molecular complexity index is 479. The SMILES string of the molecule is COc1ccc(C(=O)NCc2cnc[nH]2)cn1. The molecule has 0 saturated carbocycles. The van der Waals surface area contributed by atoms with Gasteiger partial charge in [-0.05, 0) is 6.07 Å². The quantitative estimate of drug-likeness (QED) is 0.815. The van der Waals surface area contributed by atoms with Crippen molar-refractivity contribution in [2.75, 3.05) is 7.11 Å². The number of hydrogen-bond donors (Lipinski definition) is 2. The van der Waals surface area contributed by atoms with E-state index in [9.17, 15) is 4.79 Å². The second kappa shape index (κ2) is 5.11. The van der Waals surface area contributed by atoms with Gasteiger partial charge in [0.05, 0.1) is 31.2 Å². The molecule has 0 atom stereocenters. The molecule has 0 saturated heterocycles. The zero-order valence-electron chi connectivity index (χ0n) is 9.30. The standard InChI is InChI=1S/C11H12N4O2/c1-17-10-3-2-8(4-13-10)11(16)14-6-9-5-12-7-15-9/h2-5,7H,6H2,1H3,(H,12,15)(H,14,16). The summed E-state index contributed by atoms with van der Waals surface area (Å²) in [4.78, 5) is 22.4. The van der Waals surface area contributed by atoms with Gasteiger partial charge in [-0.2, -0.15) is 0 Å². The van der Waals surface area contributed by atoms with Gasteiger partial charge in [0.2, 0.25) is 5.88 Å². The van der Waals surface area contributed by atoms with Crippen molar-refractivity contribution < 1.29 is 9.53 Å². The molecule has 0 aromatic carbocycles. The maximum Gasteiger partial charge on any atom is 0.253 e. The molecule has 0 radical (unpaired) electrons. The van der Waals surface area contributed by atoms with Crippen LogP contribution < -0.4 is 10.1 Å². The van der Waals surface area contributed by atoms with Crippen LogP contribution in [0.5, 0.6) is 5.88 Å². The summed E-state index contributed by atoms with van der Waals surface area (Å²) in [5, 5.41) is 2.75. The molecule has 6 heteroatoms. The first kappa shape index (κ1) is 11.1. The molecule has 0 fully saturated rings. The number of imidazole rings is 1. The van der Waals surface area contributed by atoms with Crippen LogP contribution in [0.25, 0.3) is 0 Å². The van der Waals surface area contributed by atoms with E-state index in [0.29, 0.717) is 18.0 Å². The van der Waals surface area contributed by atoms with Gasteiger partial charge in [0.15, 0.2) is 0 Å². The zero-order chi connectivity index (χ0) is 12.1. The fraction of sp³-hybridized carbons (Fsp3) is 0.182. The van der Waals surface area contributed by atoms with E-state index in [0.717, 1.165) is 5.69 Å². The highest BCUT2D eigenvalue weighted by Gasteiger charge is 2.06. The van der Waals surface area contributed by atoms with Gasteiger partial charge in [0.1, 0.15) is 0 Å². The molecule has 0 aliphatic rings. The Balaban J connectivity index is 1.95. The number of methoxy groups -OCH3 is 1. The number of carbonyl (C=O) groups is 1. The number of pyridine rings is 1. The highest BCUT2D eigenvalue weighted by Crippen LogP contribution is 2.06. The predicted octanol–water partition coefficient (Wildman–Crippen LogP) is 0.743. The Morgan fingerprint density at radius 2 is 2.35 bits per heavy atom. The summed E-state index contributed by atoms with van der Waals surface area (Å²) in [5.41, 5.74) is 1.34. The van der Waals surface area contributed by atoms with Crippen LogP contribution in [0.3, 0.4) is 0 Å². The predicted molar refractivity (Wildman–Crippen MR) is 60.5 cm³/mol. The largest absolute Gasteiger partial charge is 0.481 e. The van der Waals surface area contributed by atoms with Crippen molar-refractivity contribution in [3.63, 3.8) is 0 Å². The van der Waals surface area contributed by atoms with E-state index in [4.69, 9.17) is 4.74 Å². The van der Waals surface area contributed by atoms with Crippen molar-refractivity contribution in [1.29, 1.82) is 0 Å². The van der Waals surface area contributed by atoms with Gasteiger partial charge >= 0.3 is 0 Å². The molecule has 0 bridgehead atoms. The number of hydrogen-bond acceptors (Lipinski definition) is 4. The molecular weight excluding hydrogens is 220 g/mol. The second-order valence-electron chi connectivity index (χ2n) is 3.35. The third-order valence-corrected chi connectivity index (χ3v) is 2.20. The first-order valence-electron chi connectivity index (χ1n) is 5.05. The fourth-order valence-electron chi connectivity index (χ4n) is 1.29. The van der Waals surface area contributed by atoms with Crippen molar-refractivity contribution in [3.8, 4) is 5.88 Å². The molecule has 0 spiro atoms. The van der Waals surface area contributed by atoms with Gasteiger partial charge in [-0.15, -0.1) is 0 Å². The lowest BCUT2D eigenvalue weighted by atomic mass is 10.2. The van der Waals surface area contributed by atoms with Crippen LogP contribution in [0.2, 0.25) is 0 Å². The molecule has 2 N–H and O–H groups in total. The summed E-state index contributed by atoms with van der Waals surface area (Å²) in [6.07, 6.45) is 4.70. The number of aromatic nitrogens is 3. The summed E-state index contributed by atoms with van der Waals surface area (Å²) in [7, 11) is 1.53. The molecule has 0 unspecified atom stereocenters. The first-order valence-corrected chi connectivity index (χ1v) is 5.05. The molecule has 2 rings (SSSR count). The van der Waals surface area contributed by atoms with Gasteiger partial charge in [-0.3, -0.25) is 4.79 Å². The maximum absolute atomic E-state index is 11.7. The van der Waals surface area contributed by atoms with Gasteiger partial charge in [-0.25, -0.2) is 9.97 Å². The number of ether oxygens (including phenoxy) is 1. The minimum absolute atomic E-state index is 0.185. The summed E-state index contributed by atoms with van der Waals surface area (Å²) >= 11 is 0. The number of carbonyl (C=O) groups excluding carboxylic acids is 1. The van der Waals surface area contributed by atoms with E-state index in [1.54, 1.807) is 24.7 Å². The summed E-state index contributed by atoms with van der Waals surface area (Å²) in [6, 6.07) is 3.30. The molecule has 2 aromatic rings. The summed E-state index contributed by atoms with van der Waals surface area (Å²) < 4.78 is 4.91. The fourth-order valence-corrected chi connectivity index (χ4v) is 1.29. The molecule has 0 aliphatic heterocycles. The molecule has 88 valence electrons. The molecule has 2 aromatic heterocycles. The Morgan fingerprint density at radius 3 is 2.94 bits per heavy atom. The second-order valence-corrected chi connectivity index (χ2v) is 3.35. The summed E-state index contributed by atoms with van der Waals surface area (Å²) in [6.45, 7) is 0.408. The lowest BCUT2D eigenvalue weighted by Crippen LogP contribution is -2.23. The molecule has 6 nitrogen and oxygen atoms in total. The zero-order valence-corrected chi connectivity index (χ0v) is 9.30. The molecular formula is C11H12N4O2. The van der Waals surface area contributed by atoms with Gasteiger partial charge in [-0.1, -0.05) is 0 Å². The Labute approximate surface area is 98.1 Å². The highest BCUT2D eigenvalue weighted by atomic mass is 16.5. The van der Waals surface area contributed by atoms with Crippen LogP contribution in [0.1, 0.15) is 16.1 Å². The Morgan fingerprint density at radius 1 is 1.47 bits per heavy atom. The maximum atomic E-state index is 11.7. The number of nitrogens with zero attached hydrogens (tertiary/aromatic N) is 2. The van der Waals surface area contributed by atoms with Crippen LogP contribution in [-0.4, -0.2) is 28.0 Å². The normalized spacial score (nSPS) is 9.94. The van der Waals surface area contributed by atoms with Crippen LogP contribution in [0.4, 0.5) is 0 Å². The van der Waals surface area contributed by atoms with Crippen molar-refractivity contribution >= 4 is 5.91 Å². The van der Waals surface area contributed by atoms with E-state index in [2.05, 4.69) is 20.3 Å². The Hall–Kier alpha value is -2.37. The van der Waals surface area contributed by atoms with E-state index in [1.165, 1.54) is 13.3 Å². The van der Waals surface area contributed by atoms with Crippen LogP contribution in [0, 0.1) is 0 Å². The van der Waals surface area contributed by atoms with Crippen molar-refractivity contribution in [2.24, 2.45) is 0 Å². The molecule has 0 aliphatic carbocycles. The lowest BCUT2D eigenvalue weighted by molar-refractivity contribution is 0.0950. The third kappa shape index (κ3) is 2.81. The average Bonchev–Trinajstić information content (AvgIpc) is 2.89. The van der Waals surface area contributed by atoms with Gasteiger partial charge < -0.3 is 15.0 Å². The number of nitrogens with one attached hydrogen (secondary N) is 2. The van der Waals surface area contributed by atoms with Gasteiger partial charge in [0, 0.05) is 18.5 Å². The molecule has 2 heterocycles. The van der Waals surface area contributed by atoms with Crippen molar-refractivity contribution in [2.45, 2.75) is 6.54 Å². The number of aromatic amines is 1. The van der Waals surface area contributed by atoms with E-state index in [-0.39, 0.29) is 5.91 Å².